The molecule has 0 radical (unpaired) electrons. The molecule has 0 bridgehead atoms. The van der Waals surface area contributed by atoms with Gasteiger partial charge in [0, 0.05) is 22.7 Å². The molecule has 2 heterocycles. The Labute approximate surface area is 150 Å². The van der Waals surface area contributed by atoms with Crippen molar-refractivity contribution in [2.45, 2.75) is 32.1 Å². The zero-order valence-corrected chi connectivity index (χ0v) is 15.5. The third-order valence-electron chi connectivity index (χ3n) is 3.70. The third kappa shape index (κ3) is 3.40. The number of aryl methyl sites for hydroxylation is 2. The highest BCUT2D eigenvalue weighted by molar-refractivity contribution is 7.92. The smallest absolute Gasteiger partial charge is 0.264 e. The largest absolute Gasteiger partial charge is 0.419 e. The van der Waals surface area contributed by atoms with Crippen LogP contribution >= 0.6 is 11.6 Å². The number of rotatable bonds is 5. The Hall–Kier alpha value is -2.32. The maximum atomic E-state index is 12.8. The van der Waals surface area contributed by atoms with Crippen molar-refractivity contribution in [1.29, 1.82) is 0 Å². The lowest BCUT2D eigenvalue weighted by Gasteiger charge is -2.09. The number of nitrogens with zero attached hydrogens (tertiary/aromatic N) is 2. The Balaban J connectivity index is 2.02. The number of hydrogen-bond acceptors (Lipinski definition) is 5. The third-order valence-corrected chi connectivity index (χ3v) is 5.59. The van der Waals surface area contributed by atoms with Crippen LogP contribution in [0.25, 0.3) is 11.6 Å². The molecular formula is C16H17ClN4O3S. The predicted octanol–water partition coefficient (Wildman–Crippen LogP) is 3.70. The van der Waals surface area contributed by atoms with E-state index in [4.69, 9.17) is 16.0 Å². The monoisotopic (exact) mass is 380 g/mol. The van der Waals surface area contributed by atoms with Crippen LogP contribution in [-0.2, 0) is 16.4 Å². The molecular weight excluding hydrogens is 364 g/mol. The van der Waals surface area contributed by atoms with Crippen molar-refractivity contribution in [1.82, 2.24) is 15.2 Å². The average molecular weight is 381 g/mol. The van der Waals surface area contributed by atoms with Gasteiger partial charge in [-0.05, 0) is 32.0 Å². The van der Waals surface area contributed by atoms with Gasteiger partial charge in [0.05, 0.1) is 5.69 Å². The van der Waals surface area contributed by atoms with Crippen LogP contribution in [0.2, 0.25) is 5.02 Å². The number of anilines is 1. The fraction of sp³-hybridized carbons (Fsp3) is 0.250. The summed E-state index contributed by atoms with van der Waals surface area (Å²) in [6.45, 7) is 5.27. The lowest BCUT2D eigenvalue weighted by Crippen LogP contribution is -2.14. The summed E-state index contributed by atoms with van der Waals surface area (Å²) in [5.41, 5.74) is 1.88. The molecule has 0 aliphatic carbocycles. The lowest BCUT2D eigenvalue weighted by molar-refractivity contribution is 0.511. The summed E-state index contributed by atoms with van der Waals surface area (Å²) in [7, 11) is -3.81. The van der Waals surface area contributed by atoms with Crippen LogP contribution in [0, 0.1) is 13.8 Å². The normalized spacial score (nSPS) is 11.7. The average Bonchev–Trinajstić information content (AvgIpc) is 3.11. The molecule has 0 saturated heterocycles. The standard InChI is InChI=1S/C16H17ClN4O3S/c1-4-13-19-20-16(24-13)14-9(2)15(10(3)18-14)25(22,23)21-12-7-5-6-11(17)8-12/h5-8,18,21H,4H2,1-3H3. The van der Waals surface area contributed by atoms with E-state index in [9.17, 15) is 8.42 Å². The highest BCUT2D eigenvalue weighted by Crippen LogP contribution is 2.31. The maximum absolute atomic E-state index is 12.8. The SMILES string of the molecule is CCc1nnc(-c2[nH]c(C)c(S(=O)(=O)Nc3cccc(Cl)c3)c2C)o1. The number of benzene rings is 1. The van der Waals surface area contributed by atoms with E-state index < -0.39 is 10.0 Å². The molecule has 132 valence electrons. The molecule has 0 aliphatic heterocycles. The van der Waals surface area contributed by atoms with Gasteiger partial charge in [-0.2, -0.15) is 0 Å². The summed E-state index contributed by atoms with van der Waals surface area (Å²) < 4.78 is 33.7. The topological polar surface area (TPSA) is 101 Å². The Bertz CT molecular complexity index is 1020. The van der Waals surface area contributed by atoms with E-state index in [-0.39, 0.29) is 10.8 Å². The van der Waals surface area contributed by atoms with E-state index in [2.05, 4.69) is 19.9 Å². The van der Waals surface area contributed by atoms with E-state index in [1.54, 1.807) is 38.1 Å². The first kappa shape index (κ1) is 17.5. The van der Waals surface area contributed by atoms with Crippen LogP contribution in [0.5, 0.6) is 0 Å². The molecule has 0 unspecified atom stereocenters. The number of H-pyrrole nitrogens is 1. The minimum Gasteiger partial charge on any atom is -0.419 e. The first-order valence-electron chi connectivity index (χ1n) is 7.62. The molecule has 0 amide bonds. The van der Waals surface area contributed by atoms with Gasteiger partial charge in [-0.3, -0.25) is 4.72 Å². The van der Waals surface area contributed by atoms with E-state index >= 15 is 0 Å². The number of aromatic amines is 1. The van der Waals surface area contributed by atoms with Crippen LogP contribution in [0.3, 0.4) is 0 Å². The summed E-state index contributed by atoms with van der Waals surface area (Å²) >= 11 is 5.91. The van der Waals surface area contributed by atoms with Crippen molar-refractivity contribution in [3.63, 3.8) is 0 Å². The second-order valence-electron chi connectivity index (χ2n) is 5.55. The molecule has 3 aromatic rings. The highest BCUT2D eigenvalue weighted by Gasteiger charge is 2.26. The van der Waals surface area contributed by atoms with Crippen molar-refractivity contribution < 1.29 is 12.8 Å². The zero-order valence-electron chi connectivity index (χ0n) is 13.9. The van der Waals surface area contributed by atoms with Crippen LogP contribution in [0.4, 0.5) is 5.69 Å². The fourth-order valence-corrected chi connectivity index (χ4v) is 4.29. The van der Waals surface area contributed by atoms with Crippen LogP contribution < -0.4 is 4.72 Å². The summed E-state index contributed by atoms with van der Waals surface area (Å²) in [6, 6.07) is 6.52. The van der Waals surface area contributed by atoms with Gasteiger partial charge in [0.2, 0.25) is 5.89 Å². The molecule has 25 heavy (non-hydrogen) atoms. The predicted molar refractivity (Wildman–Crippen MR) is 95.2 cm³/mol. The first-order valence-corrected chi connectivity index (χ1v) is 9.48. The van der Waals surface area contributed by atoms with Gasteiger partial charge < -0.3 is 9.40 Å². The van der Waals surface area contributed by atoms with Gasteiger partial charge in [0.1, 0.15) is 10.6 Å². The minimum atomic E-state index is -3.81. The second-order valence-corrected chi connectivity index (χ2v) is 7.61. The Morgan fingerprint density at radius 2 is 2.04 bits per heavy atom. The van der Waals surface area contributed by atoms with Crippen molar-refractivity contribution in [3.8, 4) is 11.6 Å². The Morgan fingerprint density at radius 1 is 1.28 bits per heavy atom. The van der Waals surface area contributed by atoms with Crippen LogP contribution in [0.1, 0.15) is 24.1 Å². The van der Waals surface area contributed by atoms with Crippen molar-refractivity contribution in [2.24, 2.45) is 0 Å². The number of nitrogens with one attached hydrogen (secondary N) is 2. The van der Waals surface area contributed by atoms with Gasteiger partial charge in [-0.1, -0.05) is 24.6 Å². The molecule has 0 atom stereocenters. The fourth-order valence-electron chi connectivity index (χ4n) is 2.61. The number of hydrogen-bond donors (Lipinski definition) is 2. The molecule has 0 spiro atoms. The Morgan fingerprint density at radius 3 is 2.68 bits per heavy atom. The van der Waals surface area contributed by atoms with Gasteiger partial charge >= 0.3 is 0 Å². The van der Waals surface area contributed by atoms with Crippen molar-refractivity contribution >= 4 is 27.3 Å². The van der Waals surface area contributed by atoms with Crippen LogP contribution in [0.15, 0.2) is 33.6 Å². The number of halogens is 1. The minimum absolute atomic E-state index is 0.152. The second kappa shape index (κ2) is 6.53. The van der Waals surface area contributed by atoms with E-state index in [1.165, 1.54) is 0 Å². The molecule has 2 aromatic heterocycles. The Kier molecular flexibility index (Phi) is 4.57. The van der Waals surface area contributed by atoms with Crippen molar-refractivity contribution in [2.75, 3.05) is 4.72 Å². The zero-order chi connectivity index (χ0) is 18.2. The molecule has 7 nitrogen and oxygen atoms in total. The van der Waals surface area contributed by atoms with Gasteiger partial charge in [0.15, 0.2) is 0 Å². The van der Waals surface area contributed by atoms with Crippen LogP contribution in [-0.4, -0.2) is 23.6 Å². The molecule has 2 N–H and O–H groups in total. The molecule has 0 saturated carbocycles. The summed E-state index contributed by atoms with van der Waals surface area (Å²) in [6.07, 6.45) is 0.604. The molecule has 3 rings (SSSR count). The van der Waals surface area contributed by atoms with Gasteiger partial charge in [0.25, 0.3) is 15.9 Å². The number of sulfonamides is 1. The quantitative estimate of drug-likeness (QED) is 0.702. The number of aromatic nitrogens is 3. The first-order chi connectivity index (χ1) is 11.8. The van der Waals surface area contributed by atoms with Gasteiger partial charge in [-0.15, -0.1) is 10.2 Å². The maximum Gasteiger partial charge on any atom is 0.264 e. The van der Waals surface area contributed by atoms with E-state index in [0.29, 0.717) is 40.0 Å². The molecule has 0 fully saturated rings. The lowest BCUT2D eigenvalue weighted by atomic mass is 10.2. The molecule has 0 aliphatic rings. The van der Waals surface area contributed by atoms with Crippen molar-refractivity contribution in [3.05, 3.63) is 46.4 Å². The molecule has 9 heteroatoms. The highest BCUT2D eigenvalue weighted by atomic mass is 35.5. The van der Waals surface area contributed by atoms with Gasteiger partial charge in [-0.25, -0.2) is 8.42 Å². The summed E-state index contributed by atoms with van der Waals surface area (Å²) in [5.74, 6) is 0.754. The molecule has 1 aromatic carbocycles. The summed E-state index contributed by atoms with van der Waals surface area (Å²) in [5, 5.41) is 8.33. The van der Waals surface area contributed by atoms with E-state index in [0.717, 1.165) is 0 Å². The summed E-state index contributed by atoms with van der Waals surface area (Å²) in [4.78, 5) is 3.18. The van der Waals surface area contributed by atoms with E-state index in [1.807, 2.05) is 6.92 Å².